The number of aromatic nitrogens is 1. The summed E-state index contributed by atoms with van der Waals surface area (Å²) >= 11 is 0. The number of carbonyl (C=O) groups is 1. The van der Waals surface area contributed by atoms with Crippen LogP contribution in [0.3, 0.4) is 0 Å². The van der Waals surface area contributed by atoms with Gasteiger partial charge in [-0.25, -0.2) is 4.79 Å². The van der Waals surface area contributed by atoms with Crippen molar-refractivity contribution in [1.82, 2.24) is 4.98 Å². The Morgan fingerprint density at radius 1 is 1.15 bits per heavy atom. The summed E-state index contributed by atoms with van der Waals surface area (Å²) in [5, 5.41) is 3.06. The topological polar surface area (TPSA) is 51.3 Å². The lowest BCUT2D eigenvalue weighted by Gasteiger charge is -2.06. The van der Waals surface area contributed by atoms with Crippen LogP contribution in [-0.4, -0.2) is 24.7 Å². The van der Waals surface area contributed by atoms with Crippen molar-refractivity contribution in [3.63, 3.8) is 0 Å². The summed E-state index contributed by atoms with van der Waals surface area (Å²) in [6.07, 6.45) is 0. The molecular formula is C16H15NO3. The maximum Gasteiger partial charge on any atom is 0.354 e. The number of rotatable bonds is 3. The van der Waals surface area contributed by atoms with Crippen LogP contribution >= 0.6 is 0 Å². The van der Waals surface area contributed by atoms with Gasteiger partial charge in [0.25, 0.3) is 0 Å². The highest BCUT2D eigenvalue weighted by Crippen LogP contribution is 2.33. The third-order valence-corrected chi connectivity index (χ3v) is 3.32. The van der Waals surface area contributed by atoms with E-state index in [0.717, 1.165) is 27.4 Å². The number of carbonyl (C=O) groups excluding carboxylic acids is 1. The van der Waals surface area contributed by atoms with E-state index in [1.807, 2.05) is 36.4 Å². The van der Waals surface area contributed by atoms with E-state index in [0.29, 0.717) is 12.3 Å². The second-order valence-electron chi connectivity index (χ2n) is 4.49. The van der Waals surface area contributed by atoms with Crippen molar-refractivity contribution in [3.05, 3.63) is 42.1 Å². The Hall–Kier alpha value is -2.49. The van der Waals surface area contributed by atoms with Crippen molar-refractivity contribution >= 4 is 27.6 Å². The van der Waals surface area contributed by atoms with Crippen LogP contribution in [0.4, 0.5) is 0 Å². The molecule has 3 aromatic rings. The summed E-state index contributed by atoms with van der Waals surface area (Å²) in [5.41, 5.74) is 1.32. The van der Waals surface area contributed by atoms with Crippen LogP contribution < -0.4 is 4.74 Å². The molecule has 4 heteroatoms. The Morgan fingerprint density at radius 3 is 2.60 bits per heavy atom. The zero-order chi connectivity index (χ0) is 14.1. The molecule has 0 aliphatic rings. The number of aromatic amines is 1. The highest BCUT2D eigenvalue weighted by atomic mass is 16.5. The monoisotopic (exact) mass is 269 g/mol. The quantitative estimate of drug-likeness (QED) is 0.740. The van der Waals surface area contributed by atoms with Crippen LogP contribution in [0.2, 0.25) is 0 Å². The largest absolute Gasteiger partial charge is 0.496 e. The van der Waals surface area contributed by atoms with Gasteiger partial charge in [-0.2, -0.15) is 0 Å². The molecule has 1 aromatic heterocycles. The molecule has 20 heavy (non-hydrogen) atoms. The SMILES string of the molecule is CCOC(=O)c1cc2c(cc(OC)c3ccccc32)[nH]1. The normalized spacial score (nSPS) is 10.9. The minimum absolute atomic E-state index is 0.341. The fraction of sp³-hybridized carbons (Fsp3) is 0.188. The van der Waals surface area contributed by atoms with Gasteiger partial charge in [0.05, 0.1) is 19.2 Å². The zero-order valence-corrected chi connectivity index (χ0v) is 11.4. The van der Waals surface area contributed by atoms with Gasteiger partial charge in [-0.05, 0) is 18.4 Å². The Bertz CT molecular complexity index is 789. The number of benzene rings is 2. The fourth-order valence-corrected chi connectivity index (χ4v) is 2.44. The van der Waals surface area contributed by atoms with E-state index in [9.17, 15) is 4.79 Å². The fourth-order valence-electron chi connectivity index (χ4n) is 2.44. The van der Waals surface area contributed by atoms with E-state index in [1.54, 1.807) is 14.0 Å². The molecule has 0 spiro atoms. The Balaban J connectivity index is 2.28. The molecule has 102 valence electrons. The molecule has 0 fully saturated rings. The predicted molar refractivity (Wildman–Crippen MR) is 78.3 cm³/mol. The van der Waals surface area contributed by atoms with Crippen LogP contribution in [0.25, 0.3) is 21.7 Å². The minimum Gasteiger partial charge on any atom is -0.496 e. The third-order valence-electron chi connectivity index (χ3n) is 3.32. The molecule has 0 bridgehead atoms. The molecule has 0 unspecified atom stereocenters. The number of hydrogen-bond acceptors (Lipinski definition) is 3. The molecule has 0 amide bonds. The van der Waals surface area contributed by atoms with Gasteiger partial charge in [-0.15, -0.1) is 0 Å². The molecule has 4 nitrogen and oxygen atoms in total. The van der Waals surface area contributed by atoms with Crippen LogP contribution in [0.5, 0.6) is 5.75 Å². The van der Waals surface area contributed by atoms with Crippen molar-refractivity contribution < 1.29 is 14.3 Å². The van der Waals surface area contributed by atoms with Crippen LogP contribution in [0, 0.1) is 0 Å². The van der Waals surface area contributed by atoms with Crippen LogP contribution in [-0.2, 0) is 4.74 Å². The average molecular weight is 269 g/mol. The van der Waals surface area contributed by atoms with Gasteiger partial charge in [0, 0.05) is 16.8 Å². The summed E-state index contributed by atoms with van der Waals surface area (Å²) in [5.74, 6) is 0.442. The van der Waals surface area contributed by atoms with Crippen LogP contribution in [0.1, 0.15) is 17.4 Å². The number of fused-ring (bicyclic) bond motifs is 3. The van der Waals surface area contributed by atoms with Crippen molar-refractivity contribution in [3.8, 4) is 5.75 Å². The summed E-state index contributed by atoms with van der Waals surface area (Å²) in [4.78, 5) is 14.9. The minimum atomic E-state index is -0.341. The molecule has 3 rings (SSSR count). The second-order valence-corrected chi connectivity index (χ2v) is 4.49. The van der Waals surface area contributed by atoms with Gasteiger partial charge in [0.1, 0.15) is 11.4 Å². The lowest BCUT2D eigenvalue weighted by Crippen LogP contribution is -2.04. The lowest BCUT2D eigenvalue weighted by molar-refractivity contribution is 0.0520. The standard InChI is InChI=1S/C16H15NO3/c1-3-20-16(18)14-8-12-10-6-4-5-7-11(10)15(19-2)9-13(12)17-14/h4-9,17H,3H2,1-2H3. The number of ether oxygens (including phenoxy) is 2. The zero-order valence-electron chi connectivity index (χ0n) is 11.4. The van der Waals surface area contributed by atoms with Gasteiger partial charge >= 0.3 is 5.97 Å². The number of esters is 1. The van der Waals surface area contributed by atoms with Gasteiger partial charge < -0.3 is 14.5 Å². The molecule has 2 aromatic carbocycles. The molecule has 0 radical (unpaired) electrons. The van der Waals surface area contributed by atoms with Crippen molar-refractivity contribution in [2.75, 3.05) is 13.7 Å². The van der Waals surface area contributed by atoms with E-state index < -0.39 is 0 Å². The summed E-state index contributed by atoms with van der Waals surface area (Å²) < 4.78 is 10.4. The molecule has 0 atom stereocenters. The van der Waals surface area contributed by atoms with Gasteiger partial charge in [0.15, 0.2) is 0 Å². The third kappa shape index (κ3) is 1.90. The number of nitrogens with one attached hydrogen (secondary N) is 1. The second kappa shape index (κ2) is 4.89. The molecular weight excluding hydrogens is 254 g/mol. The average Bonchev–Trinajstić information content (AvgIpc) is 2.91. The molecule has 0 aliphatic heterocycles. The number of methoxy groups -OCH3 is 1. The number of H-pyrrole nitrogens is 1. The maximum absolute atomic E-state index is 11.8. The van der Waals surface area contributed by atoms with E-state index in [2.05, 4.69) is 4.98 Å². The first kappa shape index (κ1) is 12.5. The summed E-state index contributed by atoms with van der Waals surface area (Å²) in [7, 11) is 1.64. The Labute approximate surface area is 116 Å². The Kier molecular flexibility index (Phi) is 3.06. The summed E-state index contributed by atoms with van der Waals surface area (Å²) in [6.45, 7) is 2.15. The van der Waals surface area contributed by atoms with Gasteiger partial charge in [-0.3, -0.25) is 0 Å². The van der Waals surface area contributed by atoms with Gasteiger partial charge in [0.2, 0.25) is 0 Å². The molecule has 0 saturated carbocycles. The van der Waals surface area contributed by atoms with Crippen molar-refractivity contribution in [2.24, 2.45) is 0 Å². The lowest BCUT2D eigenvalue weighted by atomic mass is 10.1. The van der Waals surface area contributed by atoms with Crippen molar-refractivity contribution in [2.45, 2.75) is 6.92 Å². The smallest absolute Gasteiger partial charge is 0.354 e. The molecule has 1 heterocycles. The van der Waals surface area contributed by atoms with E-state index >= 15 is 0 Å². The molecule has 0 aliphatic carbocycles. The van der Waals surface area contributed by atoms with Crippen molar-refractivity contribution in [1.29, 1.82) is 0 Å². The maximum atomic E-state index is 11.8. The first-order chi connectivity index (χ1) is 9.74. The highest BCUT2D eigenvalue weighted by molar-refractivity contribution is 6.11. The van der Waals surface area contributed by atoms with E-state index in [4.69, 9.17) is 9.47 Å². The van der Waals surface area contributed by atoms with Gasteiger partial charge in [-0.1, -0.05) is 24.3 Å². The molecule has 0 saturated heterocycles. The summed E-state index contributed by atoms with van der Waals surface area (Å²) in [6, 6.07) is 11.7. The predicted octanol–water partition coefficient (Wildman–Crippen LogP) is 3.51. The van der Waals surface area contributed by atoms with E-state index in [1.165, 1.54) is 0 Å². The van der Waals surface area contributed by atoms with E-state index in [-0.39, 0.29) is 5.97 Å². The molecule has 1 N–H and O–H groups in total. The van der Waals surface area contributed by atoms with Crippen LogP contribution in [0.15, 0.2) is 36.4 Å². The number of hydrogen-bond donors (Lipinski definition) is 1. The highest BCUT2D eigenvalue weighted by Gasteiger charge is 2.14. The Morgan fingerprint density at radius 2 is 1.90 bits per heavy atom. The first-order valence-corrected chi connectivity index (χ1v) is 6.50. The first-order valence-electron chi connectivity index (χ1n) is 6.50.